The number of nitrogens with zero attached hydrogens (tertiary/aromatic N) is 1. The molecule has 0 aromatic heterocycles. The summed E-state index contributed by atoms with van der Waals surface area (Å²) in [5.74, 6) is 0.808. The second kappa shape index (κ2) is 4.73. The van der Waals surface area contributed by atoms with E-state index in [1.165, 1.54) is 0 Å². The zero-order chi connectivity index (χ0) is 11.7. The molecule has 1 fully saturated rings. The second-order valence-electron chi connectivity index (χ2n) is 4.63. The van der Waals surface area contributed by atoms with Crippen molar-refractivity contribution in [3.8, 4) is 0 Å². The Balaban J connectivity index is 2.23. The fourth-order valence-corrected chi connectivity index (χ4v) is 2.99. The van der Waals surface area contributed by atoms with Crippen molar-refractivity contribution in [1.29, 1.82) is 0 Å². The third kappa shape index (κ3) is 2.24. The lowest BCUT2D eigenvalue weighted by Crippen LogP contribution is -2.34. The van der Waals surface area contributed by atoms with Gasteiger partial charge in [-0.1, -0.05) is 19.1 Å². The molecule has 0 spiro atoms. The minimum atomic E-state index is 0.182. The molecule has 0 aliphatic carbocycles. The fraction of sp³-hybridized carbons (Fsp3) is 0.462. The molecule has 1 amide bonds. The zero-order valence-electron chi connectivity index (χ0n) is 9.61. The molecule has 0 bridgehead atoms. The summed E-state index contributed by atoms with van der Waals surface area (Å²) in [6, 6.07) is 8.17. The van der Waals surface area contributed by atoms with Crippen LogP contribution in [0.2, 0.25) is 0 Å². The lowest BCUT2D eigenvalue weighted by Gasteiger charge is -2.22. The summed E-state index contributed by atoms with van der Waals surface area (Å²) in [4.78, 5) is 14.3. The molecule has 3 heteroatoms. The van der Waals surface area contributed by atoms with Crippen LogP contribution in [0.15, 0.2) is 24.3 Å². The minimum absolute atomic E-state index is 0.182. The monoisotopic (exact) mass is 329 g/mol. The molecule has 0 radical (unpaired) electrons. The smallest absolute Gasteiger partial charge is 0.255 e. The van der Waals surface area contributed by atoms with E-state index < -0.39 is 0 Å². The summed E-state index contributed by atoms with van der Waals surface area (Å²) in [6.45, 7) is 5.24. The molecule has 1 heterocycles. The molecule has 2 unspecified atom stereocenters. The molecule has 2 nitrogen and oxygen atoms in total. The van der Waals surface area contributed by atoms with E-state index in [-0.39, 0.29) is 5.91 Å². The normalized spacial score (nSPS) is 24.8. The first-order valence-electron chi connectivity index (χ1n) is 5.65. The van der Waals surface area contributed by atoms with Gasteiger partial charge in [-0.3, -0.25) is 4.79 Å². The Bertz CT molecular complexity index is 405. The highest BCUT2D eigenvalue weighted by molar-refractivity contribution is 14.1. The summed E-state index contributed by atoms with van der Waals surface area (Å²) in [6.07, 6.45) is 1.12. The van der Waals surface area contributed by atoms with Crippen molar-refractivity contribution in [1.82, 2.24) is 4.90 Å². The Morgan fingerprint density at radius 1 is 1.38 bits per heavy atom. The molecule has 1 saturated heterocycles. The van der Waals surface area contributed by atoms with Crippen LogP contribution in [0.3, 0.4) is 0 Å². The van der Waals surface area contributed by atoms with Crippen molar-refractivity contribution in [2.45, 2.75) is 26.3 Å². The van der Waals surface area contributed by atoms with Gasteiger partial charge in [0, 0.05) is 16.2 Å². The van der Waals surface area contributed by atoms with Crippen molar-refractivity contribution in [2.75, 3.05) is 6.54 Å². The fourth-order valence-electron chi connectivity index (χ4n) is 2.37. The van der Waals surface area contributed by atoms with Gasteiger partial charge < -0.3 is 4.90 Å². The summed E-state index contributed by atoms with van der Waals surface area (Å²) < 4.78 is 1.04. The van der Waals surface area contributed by atoms with E-state index in [1.54, 1.807) is 0 Å². The summed E-state index contributed by atoms with van der Waals surface area (Å²) in [7, 11) is 0. The number of carbonyl (C=O) groups excluding carboxylic acids is 1. The van der Waals surface area contributed by atoms with Crippen LogP contribution < -0.4 is 0 Å². The number of hydrogen-bond acceptors (Lipinski definition) is 1. The molecule has 2 rings (SSSR count). The number of rotatable bonds is 1. The molecular weight excluding hydrogens is 313 g/mol. The Morgan fingerprint density at radius 2 is 2.06 bits per heavy atom. The number of amides is 1. The maximum atomic E-state index is 12.3. The van der Waals surface area contributed by atoms with Crippen LogP contribution >= 0.6 is 22.6 Å². The highest BCUT2D eigenvalue weighted by Gasteiger charge is 2.30. The maximum absolute atomic E-state index is 12.3. The van der Waals surface area contributed by atoms with Crippen LogP contribution in [0, 0.1) is 9.49 Å². The van der Waals surface area contributed by atoms with Crippen molar-refractivity contribution < 1.29 is 4.79 Å². The van der Waals surface area contributed by atoms with Crippen LogP contribution in [0.5, 0.6) is 0 Å². The van der Waals surface area contributed by atoms with Crippen molar-refractivity contribution in [3.63, 3.8) is 0 Å². The van der Waals surface area contributed by atoms with E-state index >= 15 is 0 Å². The standard InChI is InChI=1S/C13H16INO/c1-9-7-10(2)15(8-9)13(16)11-5-3-4-6-12(11)14/h3-6,9-10H,7-8H2,1-2H3. The molecular formula is C13H16INO. The number of carbonyl (C=O) groups is 1. The van der Waals surface area contributed by atoms with Gasteiger partial charge in [0.15, 0.2) is 0 Å². The van der Waals surface area contributed by atoms with Gasteiger partial charge in [-0.25, -0.2) is 0 Å². The van der Waals surface area contributed by atoms with Gasteiger partial charge in [0.2, 0.25) is 0 Å². The average molecular weight is 329 g/mol. The van der Waals surface area contributed by atoms with Gasteiger partial charge in [0.05, 0.1) is 5.56 Å². The van der Waals surface area contributed by atoms with Crippen LogP contribution in [0.25, 0.3) is 0 Å². The summed E-state index contributed by atoms with van der Waals surface area (Å²) >= 11 is 2.23. The van der Waals surface area contributed by atoms with Gasteiger partial charge in [0.25, 0.3) is 5.91 Å². The van der Waals surface area contributed by atoms with Crippen molar-refractivity contribution in [2.24, 2.45) is 5.92 Å². The van der Waals surface area contributed by atoms with Crippen molar-refractivity contribution in [3.05, 3.63) is 33.4 Å². The van der Waals surface area contributed by atoms with Gasteiger partial charge in [0.1, 0.15) is 0 Å². The molecule has 0 N–H and O–H groups in total. The van der Waals surface area contributed by atoms with E-state index in [2.05, 4.69) is 36.4 Å². The van der Waals surface area contributed by atoms with E-state index in [4.69, 9.17) is 0 Å². The van der Waals surface area contributed by atoms with E-state index in [1.807, 2.05) is 29.2 Å². The summed E-state index contributed by atoms with van der Waals surface area (Å²) in [5.41, 5.74) is 0.837. The van der Waals surface area contributed by atoms with Crippen molar-refractivity contribution >= 4 is 28.5 Å². The predicted molar refractivity (Wildman–Crippen MR) is 73.4 cm³/mol. The number of halogens is 1. The molecule has 1 aliphatic heterocycles. The highest BCUT2D eigenvalue weighted by atomic mass is 127. The molecule has 2 atom stereocenters. The van der Waals surface area contributed by atoms with Gasteiger partial charge in [-0.15, -0.1) is 0 Å². The second-order valence-corrected chi connectivity index (χ2v) is 5.79. The van der Waals surface area contributed by atoms with E-state index in [9.17, 15) is 4.79 Å². The lowest BCUT2D eigenvalue weighted by molar-refractivity contribution is 0.0742. The van der Waals surface area contributed by atoms with Crippen LogP contribution in [-0.2, 0) is 0 Å². The first-order valence-corrected chi connectivity index (χ1v) is 6.73. The van der Waals surface area contributed by atoms with E-state index in [0.717, 1.165) is 22.1 Å². The SMILES string of the molecule is CC1CC(C)N(C(=O)c2ccccc2I)C1. The van der Waals surface area contributed by atoms with Gasteiger partial charge in [-0.05, 0) is 54.0 Å². The molecule has 16 heavy (non-hydrogen) atoms. The Hall–Kier alpha value is -0.580. The lowest BCUT2D eigenvalue weighted by atomic mass is 10.1. The molecule has 1 aliphatic rings. The molecule has 0 saturated carbocycles. The van der Waals surface area contributed by atoms with Crippen LogP contribution in [0.1, 0.15) is 30.6 Å². The molecule has 1 aromatic carbocycles. The minimum Gasteiger partial charge on any atom is -0.336 e. The third-order valence-corrected chi connectivity index (χ3v) is 4.09. The Labute approximate surface area is 110 Å². The highest BCUT2D eigenvalue weighted by Crippen LogP contribution is 2.25. The van der Waals surface area contributed by atoms with Gasteiger partial charge >= 0.3 is 0 Å². The number of benzene rings is 1. The summed E-state index contributed by atoms with van der Waals surface area (Å²) in [5, 5.41) is 0. The van der Waals surface area contributed by atoms with Crippen LogP contribution in [-0.4, -0.2) is 23.4 Å². The largest absolute Gasteiger partial charge is 0.336 e. The maximum Gasteiger partial charge on any atom is 0.255 e. The predicted octanol–water partition coefficient (Wildman–Crippen LogP) is 3.16. The third-order valence-electron chi connectivity index (χ3n) is 3.15. The Kier molecular flexibility index (Phi) is 3.52. The van der Waals surface area contributed by atoms with Crippen LogP contribution in [0.4, 0.5) is 0 Å². The average Bonchev–Trinajstić information content (AvgIpc) is 2.58. The molecule has 1 aromatic rings. The first-order chi connectivity index (χ1) is 7.59. The topological polar surface area (TPSA) is 20.3 Å². The quantitative estimate of drug-likeness (QED) is 0.725. The zero-order valence-corrected chi connectivity index (χ0v) is 11.8. The molecule has 86 valence electrons. The Morgan fingerprint density at radius 3 is 2.62 bits per heavy atom. The van der Waals surface area contributed by atoms with E-state index in [0.29, 0.717) is 12.0 Å². The van der Waals surface area contributed by atoms with Gasteiger partial charge in [-0.2, -0.15) is 0 Å². The number of likely N-dealkylation sites (tertiary alicyclic amines) is 1. The number of hydrogen-bond donors (Lipinski definition) is 0. The first kappa shape index (κ1) is 11.9.